The van der Waals surface area contributed by atoms with Gasteiger partial charge in [0, 0.05) is 25.8 Å². The highest BCUT2D eigenvalue weighted by atomic mass is 32.1. The number of anilines is 2. The number of carbonyl (C=O) groups is 2. The Morgan fingerprint density at radius 3 is 2.81 bits per heavy atom. The number of aromatic nitrogens is 5. The SMILES string of the molecule is Cc1ncc(NC(=O)CN2CC(C)(C)C2)cc1NC(=O)c1cnn2cc(-c3cnc4n3CCOC4)sc12. The van der Waals surface area contributed by atoms with Crippen molar-refractivity contribution in [3.8, 4) is 10.6 Å². The molecule has 2 N–H and O–H groups in total. The van der Waals surface area contributed by atoms with Gasteiger partial charge in [-0.1, -0.05) is 13.8 Å². The molecule has 4 aromatic heterocycles. The van der Waals surface area contributed by atoms with Crippen LogP contribution < -0.4 is 10.6 Å². The molecule has 0 spiro atoms. The first-order valence-electron chi connectivity index (χ1n) is 12.2. The summed E-state index contributed by atoms with van der Waals surface area (Å²) < 4.78 is 9.35. The highest BCUT2D eigenvalue weighted by Gasteiger charge is 2.34. The van der Waals surface area contributed by atoms with Crippen LogP contribution in [0.5, 0.6) is 0 Å². The summed E-state index contributed by atoms with van der Waals surface area (Å²) in [7, 11) is 0. The Hall–Kier alpha value is -3.61. The Morgan fingerprint density at radius 2 is 2.00 bits per heavy atom. The van der Waals surface area contributed by atoms with Gasteiger partial charge in [0.15, 0.2) is 0 Å². The first kappa shape index (κ1) is 23.8. The summed E-state index contributed by atoms with van der Waals surface area (Å²) in [5.74, 6) is 0.508. The van der Waals surface area contributed by atoms with Crippen molar-refractivity contribution in [2.45, 2.75) is 33.9 Å². The fourth-order valence-electron chi connectivity index (χ4n) is 4.95. The van der Waals surface area contributed by atoms with Crippen molar-refractivity contribution in [2.75, 3.05) is 36.9 Å². The third kappa shape index (κ3) is 4.63. The molecule has 0 radical (unpaired) electrons. The van der Waals surface area contributed by atoms with Crippen molar-refractivity contribution in [1.82, 2.24) is 29.0 Å². The van der Waals surface area contributed by atoms with Crippen LogP contribution in [0.1, 0.15) is 35.7 Å². The summed E-state index contributed by atoms with van der Waals surface area (Å²) in [4.78, 5) is 38.4. The van der Waals surface area contributed by atoms with Gasteiger partial charge >= 0.3 is 0 Å². The van der Waals surface area contributed by atoms with Crippen LogP contribution in [0.4, 0.5) is 11.4 Å². The Kier molecular flexibility index (Phi) is 5.81. The normalized spacial score (nSPS) is 16.8. The van der Waals surface area contributed by atoms with Gasteiger partial charge in [-0.05, 0) is 18.4 Å². The van der Waals surface area contributed by atoms with Crippen molar-refractivity contribution in [3.63, 3.8) is 0 Å². The number of carbonyl (C=O) groups excluding carboxylic acids is 2. The minimum Gasteiger partial charge on any atom is -0.372 e. The molecule has 192 valence electrons. The van der Waals surface area contributed by atoms with Gasteiger partial charge in [0.1, 0.15) is 17.3 Å². The van der Waals surface area contributed by atoms with Crippen LogP contribution in [0.15, 0.2) is 30.9 Å². The molecular weight excluding hydrogens is 492 g/mol. The largest absolute Gasteiger partial charge is 0.372 e. The van der Waals surface area contributed by atoms with Gasteiger partial charge < -0.3 is 19.9 Å². The number of fused-ring (bicyclic) bond motifs is 2. The molecule has 11 nitrogen and oxygen atoms in total. The molecule has 0 unspecified atom stereocenters. The molecule has 6 rings (SSSR count). The molecule has 1 fully saturated rings. The van der Waals surface area contributed by atoms with Gasteiger partial charge in [-0.15, -0.1) is 11.3 Å². The van der Waals surface area contributed by atoms with Crippen molar-refractivity contribution in [2.24, 2.45) is 5.41 Å². The van der Waals surface area contributed by atoms with Crippen molar-refractivity contribution < 1.29 is 14.3 Å². The molecule has 0 saturated carbocycles. The van der Waals surface area contributed by atoms with Gasteiger partial charge in [0.25, 0.3) is 5.91 Å². The molecule has 2 aliphatic rings. The molecule has 2 amide bonds. The van der Waals surface area contributed by atoms with E-state index in [4.69, 9.17) is 4.74 Å². The number of likely N-dealkylation sites (tertiary alicyclic amines) is 1. The van der Waals surface area contributed by atoms with E-state index < -0.39 is 0 Å². The predicted octanol–water partition coefficient (Wildman–Crippen LogP) is 3.03. The lowest BCUT2D eigenvalue weighted by molar-refractivity contribution is -0.120. The molecule has 0 aliphatic carbocycles. The van der Waals surface area contributed by atoms with Crippen LogP contribution in [0.2, 0.25) is 0 Å². The Balaban J connectivity index is 1.17. The summed E-state index contributed by atoms with van der Waals surface area (Å²) in [6.07, 6.45) is 6.92. The second-order valence-electron chi connectivity index (χ2n) is 10.3. The van der Waals surface area contributed by atoms with Crippen molar-refractivity contribution >= 4 is 39.4 Å². The average Bonchev–Trinajstić information content (AvgIpc) is 3.53. The van der Waals surface area contributed by atoms with E-state index in [1.165, 1.54) is 11.3 Å². The fraction of sp³-hybridized carbons (Fsp3) is 0.400. The zero-order valence-electron chi connectivity index (χ0n) is 20.9. The van der Waals surface area contributed by atoms with Crippen LogP contribution in [0.25, 0.3) is 15.4 Å². The first-order chi connectivity index (χ1) is 17.8. The Bertz CT molecular complexity index is 1510. The molecule has 0 aromatic carbocycles. The lowest BCUT2D eigenvalue weighted by Crippen LogP contribution is -2.54. The molecule has 0 atom stereocenters. The highest BCUT2D eigenvalue weighted by molar-refractivity contribution is 7.21. The van der Waals surface area contributed by atoms with Crippen molar-refractivity contribution in [1.29, 1.82) is 0 Å². The van der Waals surface area contributed by atoms with Crippen LogP contribution in [-0.2, 0) is 22.7 Å². The predicted molar refractivity (Wildman–Crippen MR) is 140 cm³/mol. The molecule has 4 aromatic rings. The number of aryl methyl sites for hydroxylation is 1. The van der Waals surface area contributed by atoms with Crippen LogP contribution in [0.3, 0.4) is 0 Å². The standard InChI is InChI=1S/C25H28N8O3S/c1-15-18(6-16(7-26-15)29-22(34)11-31-13-25(2,3)14-31)30-23(35)17-8-28-33-10-20(37-24(17)33)19-9-27-21-12-36-5-4-32(19)21/h6-10H,4-5,11-14H2,1-3H3,(H,29,34)(H,30,35). The van der Waals surface area contributed by atoms with E-state index in [2.05, 4.69) is 49.0 Å². The molecule has 2 aliphatic heterocycles. The number of thiazole rings is 1. The molecular formula is C25H28N8O3S. The Labute approximate surface area is 217 Å². The van der Waals surface area contributed by atoms with Gasteiger partial charge in [0.2, 0.25) is 5.91 Å². The van der Waals surface area contributed by atoms with E-state index in [1.54, 1.807) is 23.0 Å². The third-order valence-electron chi connectivity index (χ3n) is 6.61. The van der Waals surface area contributed by atoms with E-state index in [-0.39, 0.29) is 17.2 Å². The monoisotopic (exact) mass is 520 g/mol. The number of rotatable bonds is 6. The number of hydrogen-bond acceptors (Lipinski definition) is 8. The number of pyridine rings is 1. The maximum Gasteiger partial charge on any atom is 0.260 e. The zero-order chi connectivity index (χ0) is 25.7. The number of imidazole rings is 1. The maximum absolute atomic E-state index is 13.2. The molecule has 6 heterocycles. The van der Waals surface area contributed by atoms with Crippen LogP contribution in [-0.4, -0.2) is 67.1 Å². The van der Waals surface area contributed by atoms with Gasteiger partial charge in [0.05, 0.1) is 64.9 Å². The van der Waals surface area contributed by atoms with Crippen molar-refractivity contribution in [3.05, 3.63) is 47.9 Å². The first-order valence-corrected chi connectivity index (χ1v) is 13.0. The Morgan fingerprint density at radius 1 is 1.16 bits per heavy atom. The molecule has 37 heavy (non-hydrogen) atoms. The van der Waals surface area contributed by atoms with Crippen LogP contribution >= 0.6 is 11.3 Å². The quantitative estimate of drug-likeness (QED) is 0.401. The minimum absolute atomic E-state index is 0.100. The average molecular weight is 521 g/mol. The fourth-order valence-corrected chi connectivity index (χ4v) is 6.03. The van der Waals surface area contributed by atoms with Gasteiger partial charge in [-0.25, -0.2) is 9.50 Å². The smallest absolute Gasteiger partial charge is 0.260 e. The summed E-state index contributed by atoms with van der Waals surface area (Å²) in [5.41, 5.74) is 3.45. The second kappa shape index (κ2) is 9.05. The summed E-state index contributed by atoms with van der Waals surface area (Å²) in [6, 6.07) is 1.74. The minimum atomic E-state index is -0.289. The van der Waals surface area contributed by atoms with E-state index in [0.29, 0.717) is 42.4 Å². The topological polar surface area (TPSA) is 119 Å². The maximum atomic E-state index is 13.2. The lowest BCUT2D eigenvalue weighted by Gasteiger charge is -2.45. The number of nitrogens with one attached hydrogen (secondary N) is 2. The van der Waals surface area contributed by atoms with E-state index >= 15 is 0 Å². The van der Waals surface area contributed by atoms with E-state index in [1.807, 2.05) is 19.3 Å². The molecule has 0 bridgehead atoms. The summed E-state index contributed by atoms with van der Waals surface area (Å²) in [6.45, 7) is 10.2. The van der Waals surface area contributed by atoms with E-state index in [0.717, 1.165) is 40.9 Å². The number of ether oxygens (including phenoxy) is 1. The third-order valence-corrected chi connectivity index (χ3v) is 7.75. The van der Waals surface area contributed by atoms with Gasteiger partial charge in [-0.3, -0.25) is 19.5 Å². The number of hydrogen-bond donors (Lipinski definition) is 2. The van der Waals surface area contributed by atoms with Crippen LogP contribution in [0, 0.1) is 12.3 Å². The zero-order valence-corrected chi connectivity index (χ0v) is 21.8. The number of amides is 2. The molecule has 1 saturated heterocycles. The lowest BCUT2D eigenvalue weighted by atomic mass is 9.84. The highest BCUT2D eigenvalue weighted by Crippen LogP contribution is 2.32. The van der Waals surface area contributed by atoms with Gasteiger partial charge in [-0.2, -0.15) is 5.10 Å². The summed E-state index contributed by atoms with van der Waals surface area (Å²) >= 11 is 1.49. The second-order valence-corrected chi connectivity index (χ2v) is 11.4. The molecule has 12 heteroatoms. The van der Waals surface area contributed by atoms with E-state index in [9.17, 15) is 9.59 Å². The number of nitrogens with zero attached hydrogens (tertiary/aromatic N) is 6. The summed E-state index contributed by atoms with van der Waals surface area (Å²) in [5, 5.41) is 10.2.